The van der Waals surface area contributed by atoms with Crippen molar-refractivity contribution >= 4 is 23.4 Å². The first-order valence-electron chi connectivity index (χ1n) is 6.98. The molecule has 20 heavy (non-hydrogen) atoms. The molecule has 0 heterocycles. The van der Waals surface area contributed by atoms with Gasteiger partial charge in [-0.3, -0.25) is 0 Å². The number of hydrogen-bond acceptors (Lipinski definition) is 2. The second-order valence-corrected chi connectivity index (χ2v) is 6.89. The molecule has 1 nitrogen and oxygen atoms in total. The van der Waals surface area contributed by atoms with E-state index in [0.717, 1.165) is 15.5 Å². The molecular formula is C17H18ClNS. The number of nitrogens with two attached hydrogens (primary N) is 1. The molecule has 0 aromatic heterocycles. The van der Waals surface area contributed by atoms with Crippen LogP contribution in [0.15, 0.2) is 46.2 Å². The average Bonchev–Trinajstić information content (AvgIpc) is 2.88. The van der Waals surface area contributed by atoms with Gasteiger partial charge in [0.05, 0.1) is 5.02 Å². The molecule has 0 amide bonds. The summed E-state index contributed by atoms with van der Waals surface area (Å²) in [5, 5.41) is 0.783. The van der Waals surface area contributed by atoms with E-state index in [1.165, 1.54) is 35.3 Å². The fraction of sp³-hybridized carbons (Fsp3) is 0.294. The Bertz CT molecular complexity index is 637. The van der Waals surface area contributed by atoms with Gasteiger partial charge in [0.1, 0.15) is 0 Å². The maximum Gasteiger partial charge on any atom is 0.0548 e. The van der Waals surface area contributed by atoms with Crippen molar-refractivity contribution in [2.45, 2.75) is 42.0 Å². The van der Waals surface area contributed by atoms with E-state index in [4.69, 9.17) is 17.3 Å². The number of hydrogen-bond donors (Lipinski definition) is 1. The summed E-state index contributed by atoms with van der Waals surface area (Å²) in [4.78, 5) is 2.36. The zero-order valence-corrected chi connectivity index (χ0v) is 13.1. The first-order valence-corrected chi connectivity index (χ1v) is 8.17. The fourth-order valence-electron chi connectivity index (χ4n) is 2.62. The minimum absolute atomic E-state index is 0.0199. The van der Waals surface area contributed by atoms with Crippen molar-refractivity contribution in [3.63, 3.8) is 0 Å². The van der Waals surface area contributed by atoms with Gasteiger partial charge in [0.2, 0.25) is 0 Å². The Hall–Kier alpha value is -0.960. The minimum Gasteiger partial charge on any atom is -0.324 e. The van der Waals surface area contributed by atoms with Crippen LogP contribution in [-0.2, 0) is 12.8 Å². The van der Waals surface area contributed by atoms with Gasteiger partial charge in [-0.1, -0.05) is 35.5 Å². The highest BCUT2D eigenvalue weighted by molar-refractivity contribution is 7.99. The molecule has 0 aliphatic heterocycles. The Morgan fingerprint density at radius 1 is 1.10 bits per heavy atom. The van der Waals surface area contributed by atoms with Crippen LogP contribution < -0.4 is 5.73 Å². The van der Waals surface area contributed by atoms with Crippen LogP contribution in [0.4, 0.5) is 0 Å². The fourth-order valence-corrected chi connectivity index (χ4v) is 3.81. The average molecular weight is 304 g/mol. The molecule has 1 unspecified atom stereocenters. The standard InChI is InChI=1S/C17H18ClNS/c1-11(19)13-6-8-17(16(18)10-13)20-15-7-5-12-3-2-4-14(12)9-15/h5-11H,2-4,19H2,1H3. The van der Waals surface area contributed by atoms with E-state index in [1.807, 2.05) is 13.0 Å². The van der Waals surface area contributed by atoms with Crippen molar-refractivity contribution in [3.05, 3.63) is 58.1 Å². The van der Waals surface area contributed by atoms with Gasteiger partial charge in [-0.05, 0) is 67.1 Å². The summed E-state index contributed by atoms with van der Waals surface area (Å²) < 4.78 is 0. The van der Waals surface area contributed by atoms with Gasteiger partial charge in [-0.15, -0.1) is 0 Å². The number of fused-ring (bicyclic) bond motifs is 1. The number of rotatable bonds is 3. The number of benzene rings is 2. The third kappa shape index (κ3) is 2.88. The summed E-state index contributed by atoms with van der Waals surface area (Å²) in [5.41, 5.74) is 9.96. The quantitative estimate of drug-likeness (QED) is 0.863. The van der Waals surface area contributed by atoms with Crippen molar-refractivity contribution in [1.29, 1.82) is 0 Å². The molecule has 0 bridgehead atoms. The smallest absolute Gasteiger partial charge is 0.0548 e. The Morgan fingerprint density at radius 2 is 1.90 bits per heavy atom. The van der Waals surface area contributed by atoms with Gasteiger partial charge in [0, 0.05) is 15.8 Å². The molecule has 0 saturated heterocycles. The SMILES string of the molecule is CC(N)c1ccc(Sc2ccc3c(c2)CCC3)c(Cl)c1. The highest BCUT2D eigenvalue weighted by atomic mass is 35.5. The van der Waals surface area contributed by atoms with Crippen LogP contribution in [0.3, 0.4) is 0 Å². The maximum absolute atomic E-state index is 6.36. The third-order valence-electron chi connectivity index (χ3n) is 3.78. The van der Waals surface area contributed by atoms with Crippen LogP contribution in [0.5, 0.6) is 0 Å². The lowest BCUT2D eigenvalue weighted by Gasteiger charge is -2.10. The van der Waals surface area contributed by atoms with Crippen molar-refractivity contribution in [1.82, 2.24) is 0 Å². The molecule has 2 N–H and O–H groups in total. The molecule has 1 aliphatic carbocycles. The highest BCUT2D eigenvalue weighted by Crippen LogP contribution is 2.36. The van der Waals surface area contributed by atoms with Crippen molar-refractivity contribution in [2.75, 3.05) is 0 Å². The Kier molecular flexibility index (Phi) is 4.06. The number of halogens is 1. The highest BCUT2D eigenvalue weighted by Gasteiger charge is 2.12. The van der Waals surface area contributed by atoms with Gasteiger partial charge in [-0.25, -0.2) is 0 Å². The molecule has 0 radical (unpaired) electrons. The monoisotopic (exact) mass is 303 g/mol. The van der Waals surface area contributed by atoms with Crippen molar-refractivity contribution in [3.8, 4) is 0 Å². The van der Waals surface area contributed by atoms with Crippen molar-refractivity contribution in [2.24, 2.45) is 5.73 Å². The van der Waals surface area contributed by atoms with Gasteiger partial charge in [0.25, 0.3) is 0 Å². The topological polar surface area (TPSA) is 26.0 Å². The van der Waals surface area contributed by atoms with Crippen LogP contribution in [0, 0.1) is 0 Å². The Morgan fingerprint density at radius 3 is 2.65 bits per heavy atom. The third-order valence-corrected chi connectivity index (χ3v) is 5.27. The van der Waals surface area contributed by atoms with Crippen molar-refractivity contribution < 1.29 is 0 Å². The van der Waals surface area contributed by atoms with Gasteiger partial charge in [-0.2, -0.15) is 0 Å². The largest absolute Gasteiger partial charge is 0.324 e. The van der Waals surface area contributed by atoms with E-state index in [1.54, 1.807) is 11.8 Å². The lowest BCUT2D eigenvalue weighted by atomic mass is 10.1. The molecule has 1 atom stereocenters. The van der Waals surface area contributed by atoms with Gasteiger partial charge >= 0.3 is 0 Å². The summed E-state index contributed by atoms with van der Waals surface area (Å²) in [5.74, 6) is 0. The van der Waals surface area contributed by atoms with Crippen LogP contribution in [0.1, 0.15) is 36.1 Å². The van der Waals surface area contributed by atoms with Crippen LogP contribution in [-0.4, -0.2) is 0 Å². The minimum atomic E-state index is 0.0199. The summed E-state index contributed by atoms with van der Waals surface area (Å²) in [6.07, 6.45) is 3.72. The van der Waals surface area contributed by atoms with Gasteiger partial charge < -0.3 is 5.73 Å². The summed E-state index contributed by atoms with van der Waals surface area (Å²) in [6, 6.07) is 12.9. The predicted octanol–water partition coefficient (Wildman–Crippen LogP) is 5.00. The molecule has 2 aromatic rings. The summed E-state index contributed by atoms with van der Waals surface area (Å²) in [7, 11) is 0. The molecule has 0 fully saturated rings. The van der Waals surface area contributed by atoms with E-state index in [2.05, 4.69) is 30.3 Å². The molecular weight excluding hydrogens is 286 g/mol. The summed E-state index contributed by atoms with van der Waals surface area (Å²) >= 11 is 8.09. The lowest BCUT2D eigenvalue weighted by Crippen LogP contribution is -2.04. The molecule has 3 heteroatoms. The Labute approximate surface area is 129 Å². The molecule has 1 aliphatic rings. The van der Waals surface area contributed by atoms with E-state index >= 15 is 0 Å². The first kappa shape index (κ1) is 14.0. The van der Waals surface area contributed by atoms with E-state index in [9.17, 15) is 0 Å². The first-order chi connectivity index (χ1) is 9.63. The molecule has 0 saturated carbocycles. The van der Waals surface area contributed by atoms with E-state index in [0.29, 0.717) is 0 Å². The van der Waals surface area contributed by atoms with Gasteiger partial charge in [0.15, 0.2) is 0 Å². The Balaban J connectivity index is 1.84. The second-order valence-electron chi connectivity index (χ2n) is 5.36. The normalized spacial score (nSPS) is 15.2. The van der Waals surface area contributed by atoms with Crippen LogP contribution in [0.25, 0.3) is 0 Å². The summed E-state index contributed by atoms with van der Waals surface area (Å²) in [6.45, 7) is 1.97. The maximum atomic E-state index is 6.36. The molecule has 2 aromatic carbocycles. The van der Waals surface area contributed by atoms with E-state index in [-0.39, 0.29) is 6.04 Å². The molecule has 0 spiro atoms. The zero-order chi connectivity index (χ0) is 14.1. The molecule has 104 valence electrons. The predicted molar refractivity (Wildman–Crippen MR) is 86.6 cm³/mol. The van der Waals surface area contributed by atoms with Crippen LogP contribution >= 0.6 is 23.4 Å². The second kappa shape index (κ2) is 5.80. The molecule has 3 rings (SSSR count). The van der Waals surface area contributed by atoms with E-state index < -0.39 is 0 Å². The lowest BCUT2D eigenvalue weighted by molar-refractivity contribution is 0.817. The van der Waals surface area contributed by atoms with Crippen LogP contribution in [0.2, 0.25) is 5.02 Å². The zero-order valence-electron chi connectivity index (χ0n) is 11.5. The number of aryl methyl sites for hydroxylation is 2.